The second kappa shape index (κ2) is 5.95. The smallest absolute Gasteiger partial charge is 0.378 e. The standard InChI is InChI=1S/C15H14F3N3/c1-21(2)12-8-9-14(13(10-12)15(16,17)18)20-19-11-6-4-3-5-7-11/h3-10H,1-2H3. The Morgan fingerprint density at radius 3 is 2.14 bits per heavy atom. The fourth-order valence-corrected chi connectivity index (χ4v) is 1.72. The molecule has 0 aliphatic heterocycles. The van der Waals surface area contributed by atoms with Crippen LogP contribution in [0.25, 0.3) is 0 Å². The summed E-state index contributed by atoms with van der Waals surface area (Å²) in [5.74, 6) is 0. The molecule has 0 unspecified atom stereocenters. The first-order valence-corrected chi connectivity index (χ1v) is 6.23. The van der Waals surface area contributed by atoms with Crippen LogP contribution in [0.2, 0.25) is 0 Å². The Labute approximate surface area is 120 Å². The third kappa shape index (κ3) is 3.81. The SMILES string of the molecule is CN(C)c1ccc(N=Nc2ccccc2)c(C(F)(F)F)c1. The van der Waals surface area contributed by atoms with Gasteiger partial charge in [-0.3, -0.25) is 0 Å². The van der Waals surface area contributed by atoms with Crippen LogP contribution in [-0.2, 0) is 6.18 Å². The third-order valence-corrected chi connectivity index (χ3v) is 2.83. The number of anilines is 1. The summed E-state index contributed by atoms with van der Waals surface area (Å²) in [5, 5.41) is 7.57. The highest BCUT2D eigenvalue weighted by Crippen LogP contribution is 2.38. The highest BCUT2D eigenvalue weighted by molar-refractivity contribution is 5.58. The Hall–Kier alpha value is -2.37. The van der Waals surface area contributed by atoms with Crippen LogP contribution in [0.15, 0.2) is 58.8 Å². The normalized spacial score (nSPS) is 11.9. The van der Waals surface area contributed by atoms with Gasteiger partial charge in [-0.1, -0.05) is 18.2 Å². The first kappa shape index (κ1) is 15.0. The maximum absolute atomic E-state index is 13.1. The van der Waals surface area contributed by atoms with E-state index in [2.05, 4.69) is 10.2 Å². The largest absolute Gasteiger partial charge is 0.418 e. The molecule has 2 aromatic carbocycles. The zero-order valence-corrected chi connectivity index (χ0v) is 11.6. The van der Waals surface area contributed by atoms with E-state index in [-0.39, 0.29) is 5.69 Å². The van der Waals surface area contributed by atoms with E-state index in [4.69, 9.17) is 0 Å². The van der Waals surface area contributed by atoms with Gasteiger partial charge in [0, 0.05) is 19.8 Å². The van der Waals surface area contributed by atoms with E-state index in [0.717, 1.165) is 6.07 Å². The molecule has 2 rings (SSSR count). The number of nitrogens with zero attached hydrogens (tertiary/aromatic N) is 3. The van der Waals surface area contributed by atoms with Crippen LogP contribution in [0.4, 0.5) is 30.2 Å². The van der Waals surface area contributed by atoms with E-state index in [1.807, 2.05) is 0 Å². The fourth-order valence-electron chi connectivity index (χ4n) is 1.72. The molecule has 0 spiro atoms. The molecule has 6 heteroatoms. The van der Waals surface area contributed by atoms with Gasteiger partial charge in [0.15, 0.2) is 0 Å². The van der Waals surface area contributed by atoms with E-state index >= 15 is 0 Å². The van der Waals surface area contributed by atoms with Crippen LogP contribution in [0.1, 0.15) is 5.56 Å². The predicted octanol–water partition coefficient (Wildman–Crippen LogP) is 5.19. The molecule has 2 aromatic rings. The number of azo groups is 1. The molecule has 3 nitrogen and oxygen atoms in total. The predicted molar refractivity (Wildman–Crippen MR) is 76.4 cm³/mol. The molecule has 110 valence electrons. The molecule has 0 amide bonds. The van der Waals surface area contributed by atoms with Crippen LogP contribution in [0.3, 0.4) is 0 Å². The summed E-state index contributed by atoms with van der Waals surface area (Å²) in [7, 11) is 3.36. The van der Waals surface area contributed by atoms with E-state index in [1.54, 1.807) is 55.4 Å². The lowest BCUT2D eigenvalue weighted by atomic mass is 10.1. The fraction of sp³-hybridized carbons (Fsp3) is 0.200. The molecule has 0 heterocycles. The van der Waals surface area contributed by atoms with Gasteiger partial charge in [0.25, 0.3) is 0 Å². The average Bonchev–Trinajstić information content (AvgIpc) is 2.45. The molecule has 0 bridgehead atoms. The van der Waals surface area contributed by atoms with Crippen molar-refractivity contribution in [2.45, 2.75) is 6.18 Å². The molecule has 21 heavy (non-hydrogen) atoms. The van der Waals surface area contributed by atoms with E-state index < -0.39 is 11.7 Å². The first-order chi connectivity index (χ1) is 9.88. The molecule has 0 N–H and O–H groups in total. The number of benzene rings is 2. The Morgan fingerprint density at radius 1 is 0.905 bits per heavy atom. The summed E-state index contributed by atoms with van der Waals surface area (Å²) in [6.07, 6.45) is -4.48. The number of halogens is 3. The van der Waals surface area contributed by atoms with Crippen LogP contribution >= 0.6 is 0 Å². The van der Waals surface area contributed by atoms with Crippen molar-refractivity contribution in [3.8, 4) is 0 Å². The summed E-state index contributed by atoms with van der Waals surface area (Å²) in [6.45, 7) is 0. The second-order valence-electron chi connectivity index (χ2n) is 4.63. The molecule has 0 radical (unpaired) electrons. The summed E-state index contributed by atoms with van der Waals surface area (Å²) in [5.41, 5.74) is -0.0337. The van der Waals surface area contributed by atoms with Gasteiger partial charge in [0.05, 0.1) is 16.9 Å². The van der Waals surface area contributed by atoms with Crippen LogP contribution in [-0.4, -0.2) is 14.1 Å². The van der Waals surface area contributed by atoms with Crippen molar-refractivity contribution in [3.63, 3.8) is 0 Å². The van der Waals surface area contributed by atoms with Gasteiger partial charge < -0.3 is 4.90 Å². The third-order valence-electron chi connectivity index (χ3n) is 2.83. The molecule has 0 fully saturated rings. The summed E-state index contributed by atoms with van der Waals surface area (Å²) < 4.78 is 39.3. The molecule has 0 atom stereocenters. The van der Waals surface area contributed by atoms with Crippen molar-refractivity contribution in [1.29, 1.82) is 0 Å². The first-order valence-electron chi connectivity index (χ1n) is 6.23. The van der Waals surface area contributed by atoms with Gasteiger partial charge in [0.1, 0.15) is 0 Å². The topological polar surface area (TPSA) is 28.0 Å². The van der Waals surface area contributed by atoms with Gasteiger partial charge in [-0.2, -0.15) is 18.3 Å². The van der Waals surface area contributed by atoms with Gasteiger partial charge in [-0.05, 0) is 30.3 Å². The molecule has 0 aliphatic carbocycles. The minimum absolute atomic E-state index is 0.197. The van der Waals surface area contributed by atoms with Crippen molar-refractivity contribution in [2.24, 2.45) is 10.2 Å². The van der Waals surface area contributed by atoms with Gasteiger partial charge in [0.2, 0.25) is 0 Å². The minimum Gasteiger partial charge on any atom is -0.378 e. The number of alkyl halides is 3. The van der Waals surface area contributed by atoms with Gasteiger partial charge in [-0.15, -0.1) is 5.11 Å². The average molecular weight is 293 g/mol. The molecule has 0 saturated heterocycles. The van der Waals surface area contributed by atoms with E-state index in [9.17, 15) is 13.2 Å². The Bertz CT molecular complexity index is 634. The lowest BCUT2D eigenvalue weighted by Gasteiger charge is -2.16. The van der Waals surface area contributed by atoms with Gasteiger partial charge >= 0.3 is 6.18 Å². The van der Waals surface area contributed by atoms with Crippen LogP contribution < -0.4 is 4.90 Å². The Morgan fingerprint density at radius 2 is 1.57 bits per heavy atom. The summed E-state index contributed by atoms with van der Waals surface area (Å²) >= 11 is 0. The Kier molecular flexibility index (Phi) is 4.26. The quantitative estimate of drug-likeness (QED) is 0.716. The zero-order valence-electron chi connectivity index (χ0n) is 11.6. The van der Waals surface area contributed by atoms with Crippen LogP contribution in [0.5, 0.6) is 0 Å². The van der Waals surface area contributed by atoms with Crippen molar-refractivity contribution in [1.82, 2.24) is 0 Å². The zero-order chi connectivity index (χ0) is 15.5. The van der Waals surface area contributed by atoms with Gasteiger partial charge in [-0.25, -0.2) is 0 Å². The lowest BCUT2D eigenvalue weighted by Crippen LogP contribution is -2.11. The molecule has 0 saturated carbocycles. The van der Waals surface area contributed by atoms with Crippen molar-refractivity contribution < 1.29 is 13.2 Å². The molecular weight excluding hydrogens is 279 g/mol. The molecular formula is C15H14F3N3. The number of hydrogen-bond acceptors (Lipinski definition) is 3. The summed E-state index contributed by atoms with van der Waals surface area (Å²) in [4.78, 5) is 1.60. The minimum atomic E-state index is -4.48. The summed E-state index contributed by atoms with van der Waals surface area (Å²) in [6, 6.07) is 12.6. The monoisotopic (exact) mass is 293 g/mol. The van der Waals surface area contributed by atoms with Crippen molar-refractivity contribution >= 4 is 17.1 Å². The van der Waals surface area contributed by atoms with E-state index in [1.165, 1.54) is 6.07 Å². The number of rotatable bonds is 3. The lowest BCUT2D eigenvalue weighted by molar-refractivity contribution is -0.137. The highest BCUT2D eigenvalue weighted by atomic mass is 19.4. The maximum Gasteiger partial charge on any atom is 0.418 e. The van der Waals surface area contributed by atoms with E-state index in [0.29, 0.717) is 11.4 Å². The van der Waals surface area contributed by atoms with Crippen molar-refractivity contribution in [2.75, 3.05) is 19.0 Å². The Balaban J connectivity index is 2.41. The second-order valence-corrected chi connectivity index (χ2v) is 4.63. The molecule has 0 aliphatic rings. The molecule has 0 aromatic heterocycles. The van der Waals surface area contributed by atoms with Crippen molar-refractivity contribution in [3.05, 3.63) is 54.1 Å². The van der Waals surface area contributed by atoms with Crippen LogP contribution in [0, 0.1) is 0 Å². The highest BCUT2D eigenvalue weighted by Gasteiger charge is 2.34. The maximum atomic E-state index is 13.1. The number of hydrogen-bond donors (Lipinski definition) is 0.